The van der Waals surface area contributed by atoms with Crippen molar-refractivity contribution in [3.05, 3.63) is 30.4 Å². The summed E-state index contributed by atoms with van der Waals surface area (Å²) in [4.78, 5) is 12.0. The van der Waals surface area contributed by atoms with E-state index in [-0.39, 0.29) is 5.91 Å². The van der Waals surface area contributed by atoms with Gasteiger partial charge in [-0.1, -0.05) is 0 Å². The molecule has 6 heteroatoms. The van der Waals surface area contributed by atoms with Crippen LogP contribution >= 0.6 is 0 Å². The number of carbonyl (C=O) groups is 1. The highest BCUT2D eigenvalue weighted by molar-refractivity contribution is 6.02. The highest BCUT2D eigenvalue weighted by Crippen LogP contribution is 2.30. The van der Waals surface area contributed by atoms with Gasteiger partial charge in [-0.05, 0) is 31.7 Å². The molecule has 0 atom stereocenters. The molecule has 0 bridgehead atoms. The van der Waals surface area contributed by atoms with Gasteiger partial charge in [-0.25, -0.2) is 0 Å². The first kappa shape index (κ1) is 12.0. The Bertz CT molecular complexity index is 581. The maximum absolute atomic E-state index is 12.0. The lowest BCUT2D eigenvalue weighted by Crippen LogP contribution is -2.13. The number of carbonyl (C=O) groups excluding carboxylic acids is 1. The van der Waals surface area contributed by atoms with E-state index in [1.165, 1.54) is 12.8 Å². The average molecular weight is 259 g/mol. The summed E-state index contributed by atoms with van der Waals surface area (Å²) in [6.07, 6.45) is 7.92. The maximum atomic E-state index is 12.0. The minimum atomic E-state index is -0.196. The van der Waals surface area contributed by atoms with Crippen molar-refractivity contribution < 1.29 is 4.79 Å². The fourth-order valence-corrected chi connectivity index (χ4v) is 1.95. The molecule has 2 aromatic rings. The van der Waals surface area contributed by atoms with Gasteiger partial charge in [-0.15, -0.1) is 0 Å². The third-order valence-corrected chi connectivity index (χ3v) is 3.23. The van der Waals surface area contributed by atoms with Gasteiger partial charge in [0, 0.05) is 25.5 Å². The Kier molecular flexibility index (Phi) is 3.06. The summed E-state index contributed by atoms with van der Waals surface area (Å²) < 4.78 is 3.61. The van der Waals surface area contributed by atoms with Gasteiger partial charge in [-0.2, -0.15) is 10.2 Å². The molecule has 0 unspecified atom stereocenters. The molecule has 3 rings (SSSR count). The number of rotatable bonds is 5. The van der Waals surface area contributed by atoms with Crippen LogP contribution in [-0.2, 0) is 13.1 Å². The number of hydrogen-bond acceptors (Lipinski definition) is 3. The maximum Gasteiger partial charge on any atom is 0.276 e. The summed E-state index contributed by atoms with van der Waals surface area (Å²) in [5, 5.41) is 11.2. The van der Waals surface area contributed by atoms with Crippen LogP contribution in [0.15, 0.2) is 24.7 Å². The zero-order valence-electron chi connectivity index (χ0n) is 10.9. The largest absolute Gasteiger partial charge is 0.318 e. The Morgan fingerprint density at radius 1 is 1.47 bits per heavy atom. The van der Waals surface area contributed by atoms with Crippen LogP contribution in [0.25, 0.3) is 0 Å². The molecular formula is C13H17N5O. The molecule has 2 aromatic heterocycles. The lowest BCUT2D eigenvalue weighted by molar-refractivity contribution is 0.102. The topological polar surface area (TPSA) is 64.7 Å². The quantitative estimate of drug-likeness (QED) is 0.889. The summed E-state index contributed by atoms with van der Waals surface area (Å²) in [6.45, 7) is 3.68. The number of amides is 1. The van der Waals surface area contributed by atoms with Crippen LogP contribution in [0.4, 0.5) is 5.69 Å². The summed E-state index contributed by atoms with van der Waals surface area (Å²) >= 11 is 0. The van der Waals surface area contributed by atoms with Gasteiger partial charge in [0.05, 0.1) is 11.9 Å². The van der Waals surface area contributed by atoms with Gasteiger partial charge in [0.25, 0.3) is 5.91 Å². The van der Waals surface area contributed by atoms with Crippen molar-refractivity contribution >= 4 is 11.6 Å². The number of nitrogens with one attached hydrogen (secondary N) is 1. The third kappa shape index (κ3) is 2.83. The van der Waals surface area contributed by atoms with Crippen molar-refractivity contribution in [3.63, 3.8) is 0 Å². The summed E-state index contributed by atoms with van der Waals surface area (Å²) in [5.41, 5.74) is 1.15. The molecule has 100 valence electrons. The zero-order valence-corrected chi connectivity index (χ0v) is 10.9. The molecule has 0 aliphatic heterocycles. The van der Waals surface area contributed by atoms with E-state index >= 15 is 0 Å². The molecule has 1 amide bonds. The smallest absolute Gasteiger partial charge is 0.276 e. The fraction of sp³-hybridized carbons (Fsp3) is 0.462. The molecule has 1 aliphatic carbocycles. The Labute approximate surface area is 111 Å². The summed E-state index contributed by atoms with van der Waals surface area (Å²) in [7, 11) is 0. The average Bonchev–Trinajstić information content (AvgIpc) is 2.92. The molecule has 1 fully saturated rings. The van der Waals surface area contributed by atoms with E-state index in [0.29, 0.717) is 5.69 Å². The minimum Gasteiger partial charge on any atom is -0.318 e. The van der Waals surface area contributed by atoms with Gasteiger partial charge in [-0.3, -0.25) is 14.2 Å². The van der Waals surface area contributed by atoms with Gasteiger partial charge < -0.3 is 5.32 Å². The lowest BCUT2D eigenvalue weighted by atomic mass is 10.4. The Hall–Kier alpha value is -2.11. The molecule has 19 heavy (non-hydrogen) atoms. The SMILES string of the molecule is CCn1ccc(C(=O)Nc2cnn(CC3CC3)c2)n1. The van der Waals surface area contributed by atoms with E-state index < -0.39 is 0 Å². The van der Waals surface area contributed by atoms with E-state index in [2.05, 4.69) is 15.5 Å². The Morgan fingerprint density at radius 3 is 3.00 bits per heavy atom. The second-order valence-electron chi connectivity index (χ2n) is 4.91. The van der Waals surface area contributed by atoms with E-state index in [9.17, 15) is 4.79 Å². The monoisotopic (exact) mass is 259 g/mol. The molecule has 1 saturated carbocycles. The number of hydrogen-bond donors (Lipinski definition) is 1. The first-order valence-electron chi connectivity index (χ1n) is 6.62. The highest BCUT2D eigenvalue weighted by atomic mass is 16.2. The molecule has 0 radical (unpaired) electrons. The third-order valence-electron chi connectivity index (χ3n) is 3.23. The van der Waals surface area contributed by atoms with Gasteiger partial charge in [0.15, 0.2) is 5.69 Å². The Morgan fingerprint density at radius 2 is 2.32 bits per heavy atom. The predicted octanol–water partition coefficient (Wildman–Crippen LogP) is 1.76. The first-order valence-corrected chi connectivity index (χ1v) is 6.62. The van der Waals surface area contributed by atoms with Crippen molar-refractivity contribution in [1.82, 2.24) is 19.6 Å². The van der Waals surface area contributed by atoms with Crippen molar-refractivity contribution in [1.29, 1.82) is 0 Å². The number of anilines is 1. The standard InChI is InChI=1S/C13H17N5O/c1-2-17-6-5-12(16-17)13(19)15-11-7-14-18(9-11)8-10-3-4-10/h5-7,9-10H,2-4,8H2,1H3,(H,15,19). The molecule has 0 spiro atoms. The van der Waals surface area contributed by atoms with Gasteiger partial charge in [0.2, 0.25) is 0 Å². The van der Waals surface area contributed by atoms with Crippen molar-refractivity contribution in [2.24, 2.45) is 5.92 Å². The molecule has 0 aromatic carbocycles. The molecule has 2 heterocycles. The van der Waals surface area contributed by atoms with Crippen molar-refractivity contribution in [3.8, 4) is 0 Å². The van der Waals surface area contributed by atoms with E-state index in [4.69, 9.17) is 0 Å². The van der Waals surface area contributed by atoms with Crippen LogP contribution < -0.4 is 5.32 Å². The molecule has 1 aliphatic rings. The molecule has 0 saturated heterocycles. The van der Waals surface area contributed by atoms with E-state index in [1.54, 1.807) is 23.1 Å². The van der Waals surface area contributed by atoms with Crippen LogP contribution in [0.1, 0.15) is 30.3 Å². The van der Waals surface area contributed by atoms with Gasteiger partial charge >= 0.3 is 0 Å². The van der Waals surface area contributed by atoms with Crippen LogP contribution in [0, 0.1) is 5.92 Å². The summed E-state index contributed by atoms with van der Waals surface area (Å²) in [6, 6.07) is 1.72. The first-order chi connectivity index (χ1) is 9.24. The molecular weight excluding hydrogens is 242 g/mol. The summed E-state index contributed by atoms with van der Waals surface area (Å²) in [5.74, 6) is 0.571. The molecule has 1 N–H and O–H groups in total. The number of nitrogens with zero attached hydrogens (tertiary/aromatic N) is 4. The zero-order chi connectivity index (χ0) is 13.2. The van der Waals surface area contributed by atoms with Crippen molar-refractivity contribution in [2.45, 2.75) is 32.9 Å². The normalized spacial score (nSPS) is 14.6. The predicted molar refractivity (Wildman–Crippen MR) is 70.8 cm³/mol. The molecule has 6 nitrogen and oxygen atoms in total. The minimum absolute atomic E-state index is 0.196. The Balaban J connectivity index is 1.63. The second kappa shape index (κ2) is 4.87. The van der Waals surface area contributed by atoms with Crippen LogP contribution in [0.2, 0.25) is 0 Å². The van der Waals surface area contributed by atoms with Crippen molar-refractivity contribution in [2.75, 3.05) is 5.32 Å². The van der Waals surface area contributed by atoms with E-state index in [0.717, 1.165) is 24.7 Å². The van der Waals surface area contributed by atoms with Gasteiger partial charge in [0.1, 0.15) is 0 Å². The van der Waals surface area contributed by atoms with E-state index in [1.807, 2.05) is 17.8 Å². The fourth-order valence-electron chi connectivity index (χ4n) is 1.95. The van der Waals surface area contributed by atoms with Crippen LogP contribution in [-0.4, -0.2) is 25.5 Å². The van der Waals surface area contributed by atoms with Crippen LogP contribution in [0.5, 0.6) is 0 Å². The highest BCUT2D eigenvalue weighted by Gasteiger charge is 2.22. The number of aromatic nitrogens is 4. The second-order valence-corrected chi connectivity index (χ2v) is 4.91. The number of aryl methyl sites for hydroxylation is 1. The lowest BCUT2D eigenvalue weighted by Gasteiger charge is -1.99. The van der Waals surface area contributed by atoms with Crippen LogP contribution in [0.3, 0.4) is 0 Å².